The van der Waals surface area contributed by atoms with E-state index in [4.69, 9.17) is 27.9 Å². The summed E-state index contributed by atoms with van der Waals surface area (Å²) in [6.07, 6.45) is 3.64. The van der Waals surface area contributed by atoms with Gasteiger partial charge in [-0.2, -0.15) is 0 Å². The molecule has 0 fully saturated rings. The number of amides is 1. The van der Waals surface area contributed by atoms with E-state index < -0.39 is 11.9 Å². The average Bonchev–Trinajstić information content (AvgIpc) is 3.16. The maximum atomic E-state index is 12.0. The van der Waals surface area contributed by atoms with Crippen LogP contribution in [0.25, 0.3) is 4.96 Å². The molecule has 26 heavy (non-hydrogen) atoms. The lowest BCUT2D eigenvalue weighted by atomic mass is 10.1. The van der Waals surface area contributed by atoms with Gasteiger partial charge in [0.1, 0.15) is 0 Å². The average molecular weight is 412 g/mol. The minimum atomic E-state index is -0.506. The molecule has 0 bridgehead atoms. The Morgan fingerprint density at radius 2 is 2.15 bits per heavy atom. The number of nitrogens with one attached hydrogen (secondary N) is 1. The van der Waals surface area contributed by atoms with Gasteiger partial charge in [0.05, 0.1) is 28.2 Å². The van der Waals surface area contributed by atoms with Gasteiger partial charge in [-0.25, -0.2) is 4.98 Å². The van der Waals surface area contributed by atoms with Gasteiger partial charge in [-0.1, -0.05) is 29.3 Å². The van der Waals surface area contributed by atoms with Crippen molar-refractivity contribution < 1.29 is 14.3 Å². The maximum absolute atomic E-state index is 12.0. The van der Waals surface area contributed by atoms with Crippen LogP contribution in [0.15, 0.2) is 36.0 Å². The molecular weight excluding hydrogens is 397 g/mol. The summed E-state index contributed by atoms with van der Waals surface area (Å²) in [4.78, 5) is 28.9. The molecule has 9 heteroatoms. The molecule has 0 aliphatic carbocycles. The number of halogens is 2. The van der Waals surface area contributed by atoms with Crippen LogP contribution in [-0.4, -0.2) is 27.9 Å². The van der Waals surface area contributed by atoms with Crippen LogP contribution in [0.1, 0.15) is 24.2 Å². The zero-order valence-corrected chi connectivity index (χ0v) is 16.1. The Labute approximate surface area is 163 Å². The predicted molar refractivity (Wildman–Crippen MR) is 101 cm³/mol. The molecule has 0 radical (unpaired) electrons. The standard InChI is InChI=1S/C17H15Cl2N3O3S/c1-10(11-2-3-13(18)14(19)6-11)20-15(23)9-25-16(24)7-12-8-22-4-5-26-17(22)21-12/h2-6,8,10H,7,9H2,1H3,(H,20,23)/t10-/m0/s1. The molecule has 0 saturated carbocycles. The second kappa shape index (κ2) is 8.07. The summed E-state index contributed by atoms with van der Waals surface area (Å²) in [6, 6.07) is 4.83. The van der Waals surface area contributed by atoms with Crippen LogP contribution < -0.4 is 5.32 Å². The van der Waals surface area contributed by atoms with E-state index in [1.165, 1.54) is 11.3 Å². The zero-order chi connectivity index (χ0) is 18.7. The summed E-state index contributed by atoms with van der Waals surface area (Å²) in [5.74, 6) is -0.907. The van der Waals surface area contributed by atoms with Crippen LogP contribution in [0.5, 0.6) is 0 Å². The highest BCUT2D eigenvalue weighted by Gasteiger charge is 2.14. The van der Waals surface area contributed by atoms with E-state index in [1.807, 2.05) is 16.0 Å². The summed E-state index contributed by atoms with van der Waals surface area (Å²) < 4.78 is 6.85. The van der Waals surface area contributed by atoms with Gasteiger partial charge in [0.15, 0.2) is 11.6 Å². The lowest BCUT2D eigenvalue weighted by molar-refractivity contribution is -0.148. The van der Waals surface area contributed by atoms with Crippen LogP contribution in [-0.2, 0) is 20.7 Å². The third-order valence-corrected chi connectivity index (χ3v) is 5.16. The Hall–Kier alpha value is -2.09. The van der Waals surface area contributed by atoms with Crippen molar-refractivity contribution in [3.05, 3.63) is 57.3 Å². The summed E-state index contributed by atoms with van der Waals surface area (Å²) in [6.45, 7) is 1.45. The van der Waals surface area contributed by atoms with E-state index in [0.717, 1.165) is 10.5 Å². The largest absolute Gasteiger partial charge is 0.455 e. The van der Waals surface area contributed by atoms with Gasteiger partial charge in [-0.15, -0.1) is 11.3 Å². The molecule has 3 rings (SSSR count). The number of thiazole rings is 1. The maximum Gasteiger partial charge on any atom is 0.312 e. The SMILES string of the molecule is C[C@H](NC(=O)COC(=O)Cc1cn2ccsc2n1)c1ccc(Cl)c(Cl)c1. The number of imidazole rings is 1. The fourth-order valence-electron chi connectivity index (χ4n) is 2.35. The summed E-state index contributed by atoms with van der Waals surface area (Å²) in [7, 11) is 0. The molecule has 0 aliphatic heterocycles. The molecule has 136 valence electrons. The van der Waals surface area contributed by atoms with Crippen LogP contribution in [0, 0.1) is 0 Å². The fourth-order valence-corrected chi connectivity index (χ4v) is 3.38. The fraction of sp³-hybridized carbons (Fsp3) is 0.235. The number of carbonyl (C=O) groups is 2. The molecule has 3 aromatic rings. The van der Waals surface area contributed by atoms with Crippen molar-refractivity contribution in [2.45, 2.75) is 19.4 Å². The van der Waals surface area contributed by atoms with E-state index in [1.54, 1.807) is 31.3 Å². The molecule has 0 unspecified atom stereocenters. The highest BCUT2D eigenvalue weighted by molar-refractivity contribution is 7.15. The Balaban J connectivity index is 1.47. The smallest absolute Gasteiger partial charge is 0.312 e. The molecule has 1 atom stereocenters. The van der Waals surface area contributed by atoms with Crippen LogP contribution in [0.3, 0.4) is 0 Å². The number of benzene rings is 1. The molecule has 0 spiro atoms. The number of hydrogen-bond donors (Lipinski definition) is 1. The molecule has 1 N–H and O–H groups in total. The zero-order valence-electron chi connectivity index (χ0n) is 13.7. The highest BCUT2D eigenvalue weighted by atomic mass is 35.5. The number of esters is 1. The summed E-state index contributed by atoms with van der Waals surface area (Å²) >= 11 is 13.3. The van der Waals surface area contributed by atoms with Crippen molar-refractivity contribution in [3.63, 3.8) is 0 Å². The van der Waals surface area contributed by atoms with Crippen LogP contribution >= 0.6 is 34.5 Å². The molecule has 1 aromatic carbocycles. The van der Waals surface area contributed by atoms with Crippen molar-refractivity contribution >= 4 is 51.4 Å². The lowest BCUT2D eigenvalue weighted by Gasteiger charge is -2.15. The van der Waals surface area contributed by atoms with Crippen LogP contribution in [0.4, 0.5) is 0 Å². The molecule has 6 nitrogen and oxygen atoms in total. The molecule has 0 saturated heterocycles. The van der Waals surface area contributed by atoms with Gasteiger partial charge in [-0.05, 0) is 24.6 Å². The van der Waals surface area contributed by atoms with E-state index in [-0.39, 0.29) is 19.1 Å². The normalized spacial score (nSPS) is 12.1. The van der Waals surface area contributed by atoms with E-state index in [2.05, 4.69) is 10.3 Å². The number of aromatic nitrogens is 2. The first-order valence-corrected chi connectivity index (χ1v) is 9.37. The first-order chi connectivity index (χ1) is 12.4. The third kappa shape index (κ3) is 4.55. The molecule has 1 amide bonds. The molecule has 2 heterocycles. The second-order valence-electron chi connectivity index (χ2n) is 5.63. The van der Waals surface area contributed by atoms with Gasteiger partial charge in [0.2, 0.25) is 0 Å². The van der Waals surface area contributed by atoms with Gasteiger partial charge < -0.3 is 10.1 Å². The Kier molecular flexibility index (Phi) is 5.80. The number of ether oxygens (including phenoxy) is 1. The number of nitrogens with zero attached hydrogens (tertiary/aromatic N) is 2. The number of carbonyl (C=O) groups excluding carboxylic acids is 2. The van der Waals surface area contributed by atoms with Crippen molar-refractivity contribution in [1.29, 1.82) is 0 Å². The first-order valence-electron chi connectivity index (χ1n) is 7.73. The van der Waals surface area contributed by atoms with Crippen LogP contribution in [0.2, 0.25) is 10.0 Å². The monoisotopic (exact) mass is 411 g/mol. The van der Waals surface area contributed by atoms with Gasteiger partial charge in [0.25, 0.3) is 5.91 Å². The minimum absolute atomic E-state index is 0.0179. The third-order valence-electron chi connectivity index (χ3n) is 3.65. The van der Waals surface area contributed by atoms with Crippen molar-refractivity contribution in [3.8, 4) is 0 Å². The van der Waals surface area contributed by atoms with Crippen molar-refractivity contribution in [2.75, 3.05) is 6.61 Å². The van der Waals surface area contributed by atoms with E-state index in [9.17, 15) is 9.59 Å². The molecule has 2 aromatic heterocycles. The molecular formula is C17H15Cl2N3O3S. The highest BCUT2D eigenvalue weighted by Crippen LogP contribution is 2.25. The summed E-state index contributed by atoms with van der Waals surface area (Å²) in [5, 5.41) is 5.51. The Morgan fingerprint density at radius 1 is 1.35 bits per heavy atom. The lowest BCUT2D eigenvalue weighted by Crippen LogP contribution is -2.31. The van der Waals surface area contributed by atoms with E-state index in [0.29, 0.717) is 15.7 Å². The van der Waals surface area contributed by atoms with Gasteiger partial charge in [0, 0.05) is 17.8 Å². The van der Waals surface area contributed by atoms with Gasteiger partial charge in [-0.3, -0.25) is 14.0 Å². The predicted octanol–water partition coefficient (Wildman–Crippen LogP) is 3.67. The molecule has 0 aliphatic rings. The number of hydrogen-bond acceptors (Lipinski definition) is 5. The topological polar surface area (TPSA) is 72.7 Å². The van der Waals surface area contributed by atoms with Gasteiger partial charge >= 0.3 is 5.97 Å². The van der Waals surface area contributed by atoms with Crippen molar-refractivity contribution in [2.24, 2.45) is 0 Å². The quantitative estimate of drug-likeness (QED) is 0.628. The number of fused-ring (bicyclic) bond motifs is 1. The minimum Gasteiger partial charge on any atom is -0.455 e. The summed E-state index contributed by atoms with van der Waals surface area (Å²) in [5.41, 5.74) is 1.41. The van der Waals surface area contributed by atoms with E-state index >= 15 is 0 Å². The van der Waals surface area contributed by atoms with Crippen molar-refractivity contribution in [1.82, 2.24) is 14.7 Å². The Morgan fingerprint density at radius 3 is 2.88 bits per heavy atom. The number of rotatable bonds is 6. The first kappa shape index (κ1) is 18.7. The Bertz CT molecular complexity index is 925. The second-order valence-corrected chi connectivity index (χ2v) is 7.31.